The van der Waals surface area contributed by atoms with E-state index in [4.69, 9.17) is 0 Å². The van der Waals surface area contributed by atoms with Gasteiger partial charge in [-0.3, -0.25) is 14.7 Å². The van der Waals surface area contributed by atoms with Gasteiger partial charge >= 0.3 is 0 Å². The summed E-state index contributed by atoms with van der Waals surface area (Å²) in [6, 6.07) is 15.8. The number of hydrogen-bond donors (Lipinski definition) is 1. The quantitative estimate of drug-likeness (QED) is 0.847. The second kappa shape index (κ2) is 8.47. The molecule has 4 nitrogen and oxygen atoms in total. The van der Waals surface area contributed by atoms with Gasteiger partial charge in [-0.1, -0.05) is 36.4 Å². The van der Waals surface area contributed by atoms with Gasteiger partial charge in [-0.25, -0.2) is 0 Å². The van der Waals surface area contributed by atoms with Crippen molar-refractivity contribution in [2.75, 3.05) is 39.3 Å². The van der Waals surface area contributed by atoms with Crippen LogP contribution in [0, 0.1) is 0 Å². The molecule has 2 fully saturated rings. The molecule has 0 aromatic heterocycles. The molecule has 2 aliphatic heterocycles. The van der Waals surface area contributed by atoms with Crippen molar-refractivity contribution in [1.29, 1.82) is 0 Å². The van der Waals surface area contributed by atoms with Gasteiger partial charge in [-0.15, -0.1) is 0 Å². The molecular weight excluding hydrogens is 358 g/mol. The maximum absolute atomic E-state index is 10.4. The summed E-state index contributed by atoms with van der Waals surface area (Å²) < 4.78 is 0. The van der Waals surface area contributed by atoms with Gasteiger partial charge in [0.15, 0.2) is 0 Å². The summed E-state index contributed by atoms with van der Waals surface area (Å²) in [6.07, 6.45) is 4.83. The van der Waals surface area contributed by atoms with Crippen LogP contribution in [0.3, 0.4) is 0 Å². The topological polar surface area (TPSA) is 30.0 Å². The molecule has 0 saturated carbocycles. The molecule has 1 aliphatic carbocycles. The summed E-state index contributed by atoms with van der Waals surface area (Å²) in [5.41, 5.74) is 5.36. The summed E-state index contributed by atoms with van der Waals surface area (Å²) in [5.74, 6) is 0.500. The van der Waals surface area contributed by atoms with Crippen molar-refractivity contribution >= 4 is 0 Å². The van der Waals surface area contributed by atoms with Crippen molar-refractivity contribution in [2.24, 2.45) is 0 Å². The Morgan fingerprint density at radius 2 is 1.59 bits per heavy atom. The first kappa shape index (κ1) is 19.1. The molecular formula is C25H33N3O. The van der Waals surface area contributed by atoms with Crippen LogP contribution in [-0.2, 0) is 25.9 Å². The molecule has 0 spiro atoms. The van der Waals surface area contributed by atoms with Gasteiger partial charge in [0.25, 0.3) is 0 Å². The van der Waals surface area contributed by atoms with Gasteiger partial charge in [0, 0.05) is 64.0 Å². The Labute approximate surface area is 174 Å². The molecule has 1 unspecified atom stereocenters. The van der Waals surface area contributed by atoms with E-state index in [0.717, 1.165) is 51.3 Å². The molecule has 154 valence electrons. The lowest BCUT2D eigenvalue weighted by atomic mass is 10.0. The van der Waals surface area contributed by atoms with Crippen LogP contribution < -0.4 is 0 Å². The maximum atomic E-state index is 10.4. The molecule has 0 amide bonds. The molecule has 3 aliphatic rings. The largest absolute Gasteiger partial charge is 0.508 e. The summed E-state index contributed by atoms with van der Waals surface area (Å²) in [5, 5.41) is 10.4. The van der Waals surface area contributed by atoms with Gasteiger partial charge in [0.1, 0.15) is 5.75 Å². The lowest BCUT2D eigenvalue weighted by Gasteiger charge is -2.38. The first-order valence-corrected chi connectivity index (χ1v) is 11.3. The summed E-state index contributed by atoms with van der Waals surface area (Å²) in [6.45, 7) is 8.87. The van der Waals surface area contributed by atoms with Crippen LogP contribution in [-0.4, -0.2) is 65.1 Å². The van der Waals surface area contributed by atoms with E-state index in [0.29, 0.717) is 11.8 Å². The first-order chi connectivity index (χ1) is 14.2. The molecule has 4 heteroatoms. The van der Waals surface area contributed by atoms with Crippen molar-refractivity contribution in [1.82, 2.24) is 14.7 Å². The van der Waals surface area contributed by atoms with Crippen LogP contribution in [0.25, 0.3) is 0 Å². The average molecular weight is 392 g/mol. The zero-order chi connectivity index (χ0) is 19.6. The fourth-order valence-corrected chi connectivity index (χ4v) is 5.41. The molecule has 1 atom stereocenters. The van der Waals surface area contributed by atoms with E-state index in [1.165, 1.54) is 49.0 Å². The molecule has 1 N–H and O–H groups in total. The van der Waals surface area contributed by atoms with Crippen molar-refractivity contribution < 1.29 is 5.11 Å². The smallest absolute Gasteiger partial charge is 0.120 e. The number of hydrogen-bond acceptors (Lipinski definition) is 4. The standard InChI is InChI=1S/C25H33N3O/c29-25-16-22-8-4-7-21(22)15-23(25)18-26-11-13-28(14-12-26)24-9-10-27(19-24)17-20-5-2-1-3-6-20/h1-3,5-6,15-16,24,29H,4,7-14,17-19H2. The lowest BCUT2D eigenvalue weighted by molar-refractivity contribution is 0.0927. The third kappa shape index (κ3) is 4.35. The lowest BCUT2D eigenvalue weighted by Crippen LogP contribution is -2.50. The van der Waals surface area contributed by atoms with E-state index in [-0.39, 0.29) is 0 Å². The normalized spacial score (nSPS) is 23.5. The number of fused-ring (bicyclic) bond motifs is 1. The first-order valence-electron chi connectivity index (χ1n) is 11.3. The van der Waals surface area contributed by atoms with Crippen LogP contribution in [0.2, 0.25) is 0 Å². The fraction of sp³-hybridized carbons (Fsp3) is 0.520. The Morgan fingerprint density at radius 1 is 0.828 bits per heavy atom. The van der Waals surface area contributed by atoms with Crippen molar-refractivity contribution in [2.45, 2.75) is 44.8 Å². The van der Waals surface area contributed by atoms with Gasteiger partial charge in [0.2, 0.25) is 0 Å². The number of aromatic hydroxyl groups is 1. The van der Waals surface area contributed by atoms with E-state index in [1.54, 1.807) is 0 Å². The third-order valence-electron chi connectivity index (χ3n) is 7.11. The Balaban J connectivity index is 1.12. The number of piperazine rings is 1. The predicted octanol–water partition coefficient (Wildman–Crippen LogP) is 3.27. The molecule has 2 heterocycles. The second-order valence-corrected chi connectivity index (χ2v) is 9.08. The van der Waals surface area contributed by atoms with Crippen molar-refractivity contribution in [3.05, 3.63) is 64.7 Å². The second-order valence-electron chi connectivity index (χ2n) is 9.08. The van der Waals surface area contributed by atoms with Crippen LogP contribution in [0.1, 0.15) is 35.1 Å². The third-order valence-corrected chi connectivity index (χ3v) is 7.11. The molecule has 2 saturated heterocycles. The van der Waals surface area contributed by atoms with Gasteiger partial charge < -0.3 is 5.11 Å². The van der Waals surface area contributed by atoms with Gasteiger partial charge in [-0.2, -0.15) is 0 Å². The predicted molar refractivity (Wildman–Crippen MR) is 117 cm³/mol. The minimum atomic E-state index is 0.500. The zero-order valence-electron chi connectivity index (χ0n) is 17.4. The minimum Gasteiger partial charge on any atom is -0.508 e. The molecule has 29 heavy (non-hydrogen) atoms. The van der Waals surface area contributed by atoms with E-state index in [9.17, 15) is 5.11 Å². The van der Waals surface area contributed by atoms with Crippen LogP contribution in [0.4, 0.5) is 0 Å². The van der Waals surface area contributed by atoms with Gasteiger partial charge in [-0.05, 0) is 48.4 Å². The Hall–Kier alpha value is -1.88. The van der Waals surface area contributed by atoms with E-state index in [2.05, 4.69) is 51.1 Å². The molecule has 2 aromatic rings. The number of nitrogens with zero attached hydrogens (tertiary/aromatic N) is 3. The van der Waals surface area contributed by atoms with E-state index < -0.39 is 0 Å². The summed E-state index contributed by atoms with van der Waals surface area (Å²) >= 11 is 0. The van der Waals surface area contributed by atoms with Crippen molar-refractivity contribution in [3.63, 3.8) is 0 Å². The summed E-state index contributed by atoms with van der Waals surface area (Å²) in [4.78, 5) is 7.82. The number of aryl methyl sites for hydroxylation is 2. The highest BCUT2D eigenvalue weighted by Crippen LogP contribution is 2.30. The van der Waals surface area contributed by atoms with E-state index >= 15 is 0 Å². The molecule has 5 rings (SSSR count). The van der Waals surface area contributed by atoms with Crippen LogP contribution in [0.5, 0.6) is 5.75 Å². The number of benzene rings is 2. The SMILES string of the molecule is Oc1cc2c(cc1CN1CCN(C3CCN(Cc4ccccc4)C3)CC1)CCC2. The van der Waals surface area contributed by atoms with Crippen LogP contribution >= 0.6 is 0 Å². The minimum absolute atomic E-state index is 0.500. The van der Waals surface area contributed by atoms with Crippen LogP contribution in [0.15, 0.2) is 42.5 Å². The average Bonchev–Trinajstić information content (AvgIpc) is 3.39. The zero-order valence-corrected chi connectivity index (χ0v) is 17.4. The molecule has 0 radical (unpaired) electrons. The number of phenolic OH excluding ortho intramolecular Hbond substituents is 1. The number of phenols is 1. The Kier molecular flexibility index (Phi) is 5.58. The molecule has 2 aromatic carbocycles. The highest BCUT2D eigenvalue weighted by molar-refractivity contribution is 5.44. The summed E-state index contributed by atoms with van der Waals surface area (Å²) in [7, 11) is 0. The van der Waals surface area contributed by atoms with Gasteiger partial charge in [0.05, 0.1) is 0 Å². The Bertz CT molecular complexity index is 829. The Morgan fingerprint density at radius 3 is 2.38 bits per heavy atom. The van der Waals surface area contributed by atoms with Crippen molar-refractivity contribution in [3.8, 4) is 5.75 Å². The highest BCUT2D eigenvalue weighted by Gasteiger charge is 2.30. The highest BCUT2D eigenvalue weighted by atomic mass is 16.3. The number of likely N-dealkylation sites (tertiary alicyclic amines) is 1. The monoisotopic (exact) mass is 391 g/mol. The number of rotatable bonds is 5. The molecule has 0 bridgehead atoms. The fourth-order valence-electron chi connectivity index (χ4n) is 5.41. The maximum Gasteiger partial charge on any atom is 0.120 e. The van der Waals surface area contributed by atoms with E-state index in [1.807, 2.05) is 6.07 Å².